The average Bonchev–Trinajstić information content (AvgIpc) is 2.39. The molecule has 0 aliphatic heterocycles. The molecule has 1 amide bonds. The van der Waals surface area contributed by atoms with E-state index < -0.39 is 5.41 Å². The molecule has 97 valence electrons. The summed E-state index contributed by atoms with van der Waals surface area (Å²) < 4.78 is 0. The lowest BCUT2D eigenvalue weighted by molar-refractivity contribution is -0.122. The Balaban J connectivity index is 2.39. The molecule has 1 fully saturated rings. The maximum atomic E-state index is 11.7. The van der Waals surface area contributed by atoms with Gasteiger partial charge < -0.3 is 5.73 Å². The standard InChI is InChI=1S/C16H22NO/c1-16(2,15(17)18)14-11-7-6-10-13(14)12-8-4-3-5-9-12/h6-7,10,12H,3-5,8-9H2,1-2H3,(H2,17,18). The van der Waals surface area contributed by atoms with E-state index in [1.165, 1.54) is 37.7 Å². The molecular weight excluding hydrogens is 222 g/mol. The molecule has 1 aliphatic carbocycles. The molecule has 2 nitrogen and oxygen atoms in total. The van der Waals surface area contributed by atoms with Crippen molar-refractivity contribution in [1.82, 2.24) is 0 Å². The molecule has 0 aromatic heterocycles. The summed E-state index contributed by atoms with van der Waals surface area (Å²) in [6, 6.07) is 9.30. The van der Waals surface area contributed by atoms with E-state index in [9.17, 15) is 4.79 Å². The summed E-state index contributed by atoms with van der Waals surface area (Å²) in [5.74, 6) is 0.298. The van der Waals surface area contributed by atoms with Crippen molar-refractivity contribution in [2.45, 2.75) is 57.3 Å². The first kappa shape index (κ1) is 13.1. The van der Waals surface area contributed by atoms with Gasteiger partial charge in [-0.1, -0.05) is 37.5 Å². The third-order valence-electron chi connectivity index (χ3n) is 4.17. The highest BCUT2D eigenvalue weighted by molar-refractivity contribution is 5.86. The van der Waals surface area contributed by atoms with E-state index in [2.05, 4.69) is 12.1 Å². The minimum Gasteiger partial charge on any atom is -0.369 e. The Morgan fingerprint density at radius 3 is 2.61 bits per heavy atom. The van der Waals surface area contributed by atoms with Crippen LogP contribution < -0.4 is 5.73 Å². The lowest BCUT2D eigenvalue weighted by Crippen LogP contribution is -2.36. The Morgan fingerprint density at radius 2 is 2.00 bits per heavy atom. The maximum Gasteiger partial charge on any atom is 0.227 e. The molecule has 1 aromatic carbocycles. The van der Waals surface area contributed by atoms with Crippen LogP contribution in [0.5, 0.6) is 0 Å². The van der Waals surface area contributed by atoms with Crippen molar-refractivity contribution in [1.29, 1.82) is 0 Å². The first-order valence-corrected chi connectivity index (χ1v) is 6.84. The van der Waals surface area contributed by atoms with Gasteiger partial charge in [0.15, 0.2) is 0 Å². The number of carbonyl (C=O) groups is 1. The monoisotopic (exact) mass is 244 g/mol. The molecule has 1 saturated carbocycles. The van der Waals surface area contributed by atoms with Crippen LogP contribution in [0.25, 0.3) is 0 Å². The predicted octanol–water partition coefficient (Wildman–Crippen LogP) is 3.30. The summed E-state index contributed by atoms with van der Waals surface area (Å²) in [5, 5.41) is 0. The lowest BCUT2D eigenvalue weighted by atomic mass is 9.74. The van der Waals surface area contributed by atoms with Crippen LogP contribution in [0.2, 0.25) is 0 Å². The Hall–Kier alpha value is -1.31. The van der Waals surface area contributed by atoms with Gasteiger partial charge in [0, 0.05) is 0 Å². The highest BCUT2D eigenvalue weighted by Crippen LogP contribution is 2.38. The summed E-state index contributed by atoms with van der Waals surface area (Å²) >= 11 is 0. The van der Waals surface area contributed by atoms with E-state index in [1.54, 1.807) is 0 Å². The van der Waals surface area contributed by atoms with Crippen molar-refractivity contribution in [3.05, 3.63) is 35.4 Å². The minimum atomic E-state index is -0.631. The van der Waals surface area contributed by atoms with Crippen molar-refractivity contribution in [2.75, 3.05) is 0 Å². The summed E-state index contributed by atoms with van der Waals surface area (Å²) in [7, 11) is 0. The van der Waals surface area contributed by atoms with Gasteiger partial charge in [0.1, 0.15) is 0 Å². The zero-order valence-corrected chi connectivity index (χ0v) is 11.3. The van der Waals surface area contributed by atoms with Crippen LogP contribution in [0.3, 0.4) is 0 Å². The summed E-state index contributed by atoms with van der Waals surface area (Å²) in [6.45, 7) is 3.79. The molecule has 0 unspecified atom stereocenters. The molecule has 0 spiro atoms. The Kier molecular flexibility index (Phi) is 3.74. The fourth-order valence-electron chi connectivity index (χ4n) is 2.87. The molecule has 0 heterocycles. The fraction of sp³-hybridized carbons (Fsp3) is 0.562. The molecule has 2 N–H and O–H groups in total. The van der Waals surface area contributed by atoms with E-state index >= 15 is 0 Å². The first-order valence-electron chi connectivity index (χ1n) is 6.84. The number of hydrogen-bond donors (Lipinski definition) is 1. The molecule has 1 aliphatic rings. The van der Waals surface area contributed by atoms with Gasteiger partial charge in [0.25, 0.3) is 0 Å². The van der Waals surface area contributed by atoms with Gasteiger partial charge in [-0.05, 0) is 49.8 Å². The van der Waals surface area contributed by atoms with E-state index in [-0.39, 0.29) is 5.91 Å². The quantitative estimate of drug-likeness (QED) is 0.871. The molecule has 2 heteroatoms. The van der Waals surface area contributed by atoms with Crippen LogP contribution >= 0.6 is 0 Å². The molecule has 1 aromatic rings. The van der Waals surface area contributed by atoms with E-state index in [0.29, 0.717) is 5.92 Å². The van der Waals surface area contributed by atoms with E-state index in [4.69, 9.17) is 5.73 Å². The molecule has 1 radical (unpaired) electrons. The second-order valence-electron chi connectivity index (χ2n) is 5.82. The van der Waals surface area contributed by atoms with Gasteiger partial charge in [0.2, 0.25) is 5.91 Å². The van der Waals surface area contributed by atoms with Gasteiger partial charge in [-0.3, -0.25) is 4.79 Å². The summed E-state index contributed by atoms with van der Waals surface area (Å²) in [5.41, 5.74) is 7.18. The van der Waals surface area contributed by atoms with Gasteiger partial charge in [-0.2, -0.15) is 0 Å². The van der Waals surface area contributed by atoms with Crippen LogP contribution in [0.1, 0.15) is 63.0 Å². The van der Waals surface area contributed by atoms with Crippen molar-refractivity contribution in [3.8, 4) is 0 Å². The van der Waals surface area contributed by atoms with Crippen LogP contribution in [-0.4, -0.2) is 5.91 Å². The van der Waals surface area contributed by atoms with Crippen molar-refractivity contribution >= 4 is 5.91 Å². The zero-order valence-electron chi connectivity index (χ0n) is 11.3. The van der Waals surface area contributed by atoms with Crippen LogP contribution in [0.15, 0.2) is 18.2 Å². The molecule has 0 bridgehead atoms. The van der Waals surface area contributed by atoms with Gasteiger partial charge in [-0.15, -0.1) is 0 Å². The molecule has 0 atom stereocenters. The topological polar surface area (TPSA) is 43.1 Å². The highest BCUT2D eigenvalue weighted by Gasteiger charge is 2.31. The number of benzene rings is 1. The number of nitrogens with two attached hydrogens (primary N) is 1. The van der Waals surface area contributed by atoms with Gasteiger partial charge in [-0.25, -0.2) is 0 Å². The normalized spacial score (nSPS) is 17.7. The summed E-state index contributed by atoms with van der Waals surface area (Å²) in [4.78, 5) is 11.7. The zero-order chi connectivity index (χ0) is 13.2. The molecule has 18 heavy (non-hydrogen) atoms. The van der Waals surface area contributed by atoms with Gasteiger partial charge in [0.05, 0.1) is 5.41 Å². The third kappa shape index (κ3) is 2.43. The molecule has 2 rings (SSSR count). The highest BCUT2D eigenvalue weighted by atomic mass is 16.1. The van der Waals surface area contributed by atoms with Crippen molar-refractivity contribution in [3.63, 3.8) is 0 Å². The molecule has 0 saturated heterocycles. The summed E-state index contributed by atoms with van der Waals surface area (Å²) in [6.07, 6.45) is 6.35. The van der Waals surface area contributed by atoms with Crippen LogP contribution in [0.4, 0.5) is 0 Å². The Morgan fingerprint density at radius 1 is 1.33 bits per heavy atom. The number of carbonyl (C=O) groups excluding carboxylic acids is 1. The number of hydrogen-bond acceptors (Lipinski definition) is 1. The number of amides is 1. The second kappa shape index (κ2) is 5.13. The second-order valence-corrected chi connectivity index (χ2v) is 5.82. The molecular formula is C16H22NO. The average molecular weight is 244 g/mol. The largest absolute Gasteiger partial charge is 0.369 e. The Bertz CT molecular complexity index is 430. The Labute approximate surface area is 110 Å². The minimum absolute atomic E-state index is 0.276. The van der Waals surface area contributed by atoms with E-state index in [1.807, 2.05) is 26.0 Å². The predicted molar refractivity (Wildman–Crippen MR) is 73.3 cm³/mol. The number of rotatable bonds is 3. The maximum absolute atomic E-state index is 11.7. The van der Waals surface area contributed by atoms with Gasteiger partial charge >= 0.3 is 0 Å². The SMILES string of the molecule is CC(C)(C(N)=O)c1[c]cccc1C1CCCCC1. The number of primary amides is 1. The van der Waals surface area contributed by atoms with Crippen LogP contribution in [-0.2, 0) is 10.2 Å². The van der Waals surface area contributed by atoms with Crippen molar-refractivity contribution in [2.24, 2.45) is 5.73 Å². The lowest BCUT2D eigenvalue weighted by Gasteiger charge is -2.29. The first-order chi connectivity index (χ1) is 8.53. The fourth-order valence-corrected chi connectivity index (χ4v) is 2.87. The third-order valence-corrected chi connectivity index (χ3v) is 4.17. The smallest absolute Gasteiger partial charge is 0.227 e. The van der Waals surface area contributed by atoms with E-state index in [0.717, 1.165) is 5.56 Å². The van der Waals surface area contributed by atoms with Crippen LogP contribution in [0, 0.1) is 6.07 Å². The van der Waals surface area contributed by atoms with Crippen molar-refractivity contribution < 1.29 is 4.79 Å².